The van der Waals surface area contributed by atoms with Crippen molar-refractivity contribution in [1.82, 2.24) is 0 Å². The molecule has 1 aromatic heterocycles. The van der Waals surface area contributed by atoms with E-state index in [-0.39, 0.29) is 12.4 Å². The van der Waals surface area contributed by atoms with Crippen molar-refractivity contribution in [2.24, 2.45) is 0 Å². The van der Waals surface area contributed by atoms with E-state index in [0.29, 0.717) is 0 Å². The van der Waals surface area contributed by atoms with Gasteiger partial charge < -0.3 is 12.4 Å². The summed E-state index contributed by atoms with van der Waals surface area (Å²) in [5, 5.41) is 13.2. The maximum Gasteiger partial charge on any atom is 0.220 e. The van der Waals surface area contributed by atoms with Crippen LogP contribution in [0, 0.1) is 0 Å². The van der Waals surface area contributed by atoms with Crippen molar-refractivity contribution in [3.63, 3.8) is 0 Å². The van der Waals surface area contributed by atoms with Gasteiger partial charge in [0, 0.05) is 35.0 Å². The Balaban J connectivity index is 0.00000210. The number of aromatic nitrogens is 1. The average molecular weight is 466 g/mol. The predicted molar refractivity (Wildman–Crippen MR) is 144 cm³/mol. The predicted octanol–water partition coefficient (Wildman–Crippen LogP) is 5.32. The Labute approximate surface area is 208 Å². The molecule has 7 aromatic carbocycles. The molecule has 0 saturated heterocycles. The van der Waals surface area contributed by atoms with Gasteiger partial charge >= 0.3 is 0 Å². The zero-order valence-electron chi connectivity index (χ0n) is 18.9. The smallest absolute Gasteiger partial charge is 0.220 e. The summed E-state index contributed by atoms with van der Waals surface area (Å²) < 4.78 is 2.45. The second-order valence-corrected chi connectivity index (χ2v) is 9.14. The Morgan fingerprint density at radius 1 is 0.343 bits per heavy atom. The van der Waals surface area contributed by atoms with Gasteiger partial charge in [0.25, 0.3) is 0 Å². The largest absolute Gasteiger partial charge is 1.00 e. The minimum absolute atomic E-state index is 0. The van der Waals surface area contributed by atoms with E-state index in [0.717, 1.165) is 0 Å². The highest BCUT2D eigenvalue weighted by Gasteiger charge is 2.26. The molecule has 0 bridgehead atoms. The lowest BCUT2D eigenvalue weighted by Gasteiger charge is -2.17. The van der Waals surface area contributed by atoms with Crippen molar-refractivity contribution in [2.45, 2.75) is 0 Å². The molecule has 8 aromatic rings. The Morgan fingerprint density at radius 3 is 1.74 bits per heavy atom. The van der Waals surface area contributed by atoms with Crippen molar-refractivity contribution in [3.05, 3.63) is 121 Å². The SMILES string of the molecule is [Cl-].c1ccc(-[n+]2c3ccc4ccccc4c3c3c4ccccc4c4cccc5ccc2c3c54)cc1. The molecule has 0 spiro atoms. The van der Waals surface area contributed by atoms with Crippen molar-refractivity contribution in [3.8, 4) is 5.69 Å². The van der Waals surface area contributed by atoms with E-state index in [1.165, 1.54) is 70.6 Å². The molecule has 0 aliphatic heterocycles. The molecule has 0 fully saturated rings. The first-order valence-corrected chi connectivity index (χ1v) is 11.8. The lowest BCUT2D eigenvalue weighted by molar-refractivity contribution is -0.537. The molecule has 8 rings (SSSR count). The minimum atomic E-state index is 0. The quantitative estimate of drug-likeness (QED) is 0.175. The van der Waals surface area contributed by atoms with Crippen LogP contribution in [-0.4, -0.2) is 0 Å². The Kier molecular flexibility index (Phi) is 4.27. The molecule has 0 saturated carbocycles. The van der Waals surface area contributed by atoms with Crippen molar-refractivity contribution in [1.29, 1.82) is 0 Å². The number of hydrogen-bond donors (Lipinski definition) is 0. The van der Waals surface area contributed by atoms with E-state index in [4.69, 9.17) is 0 Å². The third-order valence-corrected chi connectivity index (χ3v) is 7.41. The van der Waals surface area contributed by atoms with E-state index < -0.39 is 0 Å². The van der Waals surface area contributed by atoms with Gasteiger partial charge in [-0.25, -0.2) is 0 Å². The number of rotatable bonds is 1. The molecule has 0 radical (unpaired) electrons. The first kappa shape index (κ1) is 20.2. The molecule has 2 heteroatoms. The molecule has 35 heavy (non-hydrogen) atoms. The summed E-state index contributed by atoms with van der Waals surface area (Å²) in [6.07, 6.45) is 0. The minimum Gasteiger partial charge on any atom is -1.00 e. The number of pyridine rings is 1. The van der Waals surface area contributed by atoms with E-state index in [1.807, 2.05) is 0 Å². The summed E-state index contributed by atoms with van der Waals surface area (Å²) in [4.78, 5) is 0. The molecule has 164 valence electrons. The highest BCUT2D eigenvalue weighted by Crippen LogP contribution is 2.44. The zero-order chi connectivity index (χ0) is 22.2. The summed E-state index contributed by atoms with van der Waals surface area (Å²) in [6, 6.07) is 44.3. The summed E-state index contributed by atoms with van der Waals surface area (Å²) in [5.41, 5.74) is 3.67. The number of halogens is 1. The summed E-state index contributed by atoms with van der Waals surface area (Å²) >= 11 is 0. The van der Waals surface area contributed by atoms with Crippen LogP contribution in [0.2, 0.25) is 0 Å². The molecule has 0 atom stereocenters. The normalized spacial score (nSPS) is 11.8. The fraction of sp³-hybridized carbons (Fsp3) is 0. The molecule has 0 unspecified atom stereocenters. The van der Waals surface area contributed by atoms with Gasteiger partial charge in [0.2, 0.25) is 16.7 Å². The highest BCUT2D eigenvalue weighted by atomic mass is 35.5. The lowest BCUT2D eigenvalue weighted by Crippen LogP contribution is -3.00. The van der Waals surface area contributed by atoms with Crippen LogP contribution in [0.5, 0.6) is 0 Å². The van der Waals surface area contributed by atoms with Gasteiger partial charge in [0.1, 0.15) is 0 Å². The van der Waals surface area contributed by atoms with Gasteiger partial charge in [0.05, 0.1) is 10.8 Å². The molecule has 0 aliphatic rings. The van der Waals surface area contributed by atoms with Crippen LogP contribution >= 0.6 is 0 Å². The van der Waals surface area contributed by atoms with Crippen molar-refractivity contribution >= 4 is 64.9 Å². The average Bonchev–Trinajstić information content (AvgIpc) is 2.91. The van der Waals surface area contributed by atoms with Gasteiger partial charge in [-0.1, -0.05) is 84.9 Å². The molecule has 0 N–H and O–H groups in total. The maximum absolute atomic E-state index is 2.45. The second-order valence-electron chi connectivity index (χ2n) is 9.14. The molecule has 1 nitrogen and oxygen atoms in total. The van der Waals surface area contributed by atoms with Gasteiger partial charge in [-0.3, -0.25) is 0 Å². The first-order valence-electron chi connectivity index (χ1n) is 11.8. The van der Waals surface area contributed by atoms with E-state index in [1.54, 1.807) is 0 Å². The summed E-state index contributed by atoms with van der Waals surface area (Å²) in [7, 11) is 0. The summed E-state index contributed by atoms with van der Waals surface area (Å²) in [6.45, 7) is 0. The highest BCUT2D eigenvalue weighted by molar-refractivity contribution is 6.39. The van der Waals surface area contributed by atoms with Crippen LogP contribution < -0.4 is 17.0 Å². The van der Waals surface area contributed by atoms with Crippen molar-refractivity contribution < 1.29 is 17.0 Å². The van der Waals surface area contributed by atoms with Crippen molar-refractivity contribution in [2.75, 3.05) is 0 Å². The van der Waals surface area contributed by atoms with E-state index in [2.05, 4.69) is 126 Å². The van der Waals surface area contributed by atoms with E-state index >= 15 is 0 Å². The number of fused-ring (bicyclic) bond motifs is 7. The number of nitrogens with zero attached hydrogens (tertiary/aromatic N) is 1. The van der Waals surface area contributed by atoms with Crippen LogP contribution in [0.3, 0.4) is 0 Å². The fourth-order valence-electron chi connectivity index (χ4n) is 6.06. The molecular weight excluding hydrogens is 446 g/mol. The summed E-state index contributed by atoms with van der Waals surface area (Å²) in [5.74, 6) is 0. The Hall–Kier alpha value is -4.20. The van der Waals surface area contributed by atoms with Crippen LogP contribution in [0.25, 0.3) is 70.6 Å². The molecule has 1 heterocycles. The third kappa shape index (κ3) is 2.62. The first-order chi connectivity index (χ1) is 16.9. The zero-order valence-corrected chi connectivity index (χ0v) is 19.6. The van der Waals surface area contributed by atoms with Crippen LogP contribution in [0.1, 0.15) is 0 Å². The van der Waals surface area contributed by atoms with Crippen LogP contribution in [0.15, 0.2) is 121 Å². The maximum atomic E-state index is 2.45. The molecular formula is C33H20ClN. The monoisotopic (exact) mass is 465 g/mol. The Bertz CT molecular complexity index is 2030. The van der Waals surface area contributed by atoms with Crippen LogP contribution in [0.4, 0.5) is 0 Å². The topological polar surface area (TPSA) is 3.88 Å². The molecule has 0 amide bonds. The third-order valence-electron chi connectivity index (χ3n) is 7.41. The van der Waals surface area contributed by atoms with Gasteiger partial charge in [-0.05, 0) is 44.5 Å². The number of benzene rings is 7. The van der Waals surface area contributed by atoms with Gasteiger partial charge in [-0.15, -0.1) is 0 Å². The second kappa shape index (κ2) is 7.40. The number of para-hydroxylation sites is 1. The van der Waals surface area contributed by atoms with Gasteiger partial charge in [-0.2, -0.15) is 4.57 Å². The number of hydrogen-bond acceptors (Lipinski definition) is 0. The fourth-order valence-corrected chi connectivity index (χ4v) is 6.06. The van der Waals surface area contributed by atoms with Crippen LogP contribution in [-0.2, 0) is 0 Å². The Morgan fingerprint density at radius 2 is 0.914 bits per heavy atom. The van der Waals surface area contributed by atoms with Gasteiger partial charge in [0.15, 0.2) is 0 Å². The molecule has 0 aliphatic carbocycles. The lowest BCUT2D eigenvalue weighted by atomic mass is 9.87. The van der Waals surface area contributed by atoms with E-state index in [9.17, 15) is 0 Å². The standard InChI is InChI=1S/C33H20N.ClH/c1-2-11-23(12-3-1)34-28-19-17-21-9-4-5-13-24(21)31(28)32-27-15-7-6-14-25(27)26-16-8-10-22-18-20-29(34)33(32)30(22)26;/h1-20H;1H/q+1;/p-1.